The number of hydrogen-bond acceptors (Lipinski definition) is 4. The van der Waals surface area contributed by atoms with E-state index in [0.717, 1.165) is 25.5 Å². The summed E-state index contributed by atoms with van der Waals surface area (Å²) in [5.41, 5.74) is 4.92. The molecule has 3 aromatic rings. The Labute approximate surface area is 161 Å². The first-order chi connectivity index (χ1) is 13.3. The predicted octanol–water partition coefficient (Wildman–Crippen LogP) is 4.59. The number of hydrogen-bond donors (Lipinski definition) is 1. The number of benzene rings is 1. The summed E-state index contributed by atoms with van der Waals surface area (Å²) >= 11 is 0. The van der Waals surface area contributed by atoms with Crippen LogP contribution in [0.5, 0.6) is 0 Å². The second-order valence-corrected chi connectivity index (χ2v) is 7.18. The summed E-state index contributed by atoms with van der Waals surface area (Å²) in [5.74, 6) is 1.11. The molecule has 1 fully saturated rings. The quantitative estimate of drug-likeness (QED) is 0.699. The van der Waals surface area contributed by atoms with E-state index < -0.39 is 0 Å². The first-order valence-electron chi connectivity index (χ1n) is 9.73. The van der Waals surface area contributed by atoms with Gasteiger partial charge in [-0.15, -0.1) is 0 Å². The van der Waals surface area contributed by atoms with E-state index in [9.17, 15) is 0 Å². The minimum absolute atomic E-state index is 0.269. The van der Waals surface area contributed by atoms with Gasteiger partial charge in [-0.3, -0.25) is 4.98 Å². The van der Waals surface area contributed by atoms with Crippen LogP contribution in [0.3, 0.4) is 0 Å². The average Bonchev–Trinajstić information content (AvgIpc) is 3.28. The Hall–Kier alpha value is -2.72. The minimum Gasteiger partial charge on any atom is -0.357 e. The van der Waals surface area contributed by atoms with E-state index in [1.807, 2.05) is 30.7 Å². The minimum atomic E-state index is 0.269. The lowest BCUT2D eigenvalue weighted by atomic mass is 10.0. The number of anilines is 1. The molecule has 0 spiro atoms. The highest BCUT2D eigenvalue weighted by Gasteiger charge is 2.13. The summed E-state index contributed by atoms with van der Waals surface area (Å²) in [5, 5.41) is 3.62. The van der Waals surface area contributed by atoms with E-state index in [-0.39, 0.29) is 6.04 Å². The van der Waals surface area contributed by atoms with Crippen molar-refractivity contribution >= 4 is 5.82 Å². The lowest BCUT2D eigenvalue weighted by Crippen LogP contribution is -2.20. The van der Waals surface area contributed by atoms with Crippen LogP contribution in [0.25, 0.3) is 11.1 Å². The van der Waals surface area contributed by atoms with Crippen LogP contribution in [0.15, 0.2) is 67.1 Å². The Morgan fingerprint density at radius 1 is 1.00 bits per heavy atom. The summed E-state index contributed by atoms with van der Waals surface area (Å²) in [7, 11) is 0. The fraction of sp³-hybridized carbons (Fsp3) is 0.304. The van der Waals surface area contributed by atoms with Crippen molar-refractivity contribution in [1.29, 1.82) is 0 Å². The molecule has 1 aliphatic rings. The average molecular weight is 358 g/mol. The number of nitrogens with one attached hydrogen (secondary N) is 1. The molecule has 138 valence electrons. The molecule has 4 rings (SSSR count). The van der Waals surface area contributed by atoms with Crippen molar-refractivity contribution in [1.82, 2.24) is 15.3 Å². The maximum Gasteiger partial charge on any atom is 0.128 e. The molecular formula is C23H26N4. The van der Waals surface area contributed by atoms with Gasteiger partial charge in [0.05, 0.1) is 0 Å². The number of aromatic nitrogens is 2. The normalized spacial score (nSPS) is 15.1. The molecule has 0 saturated carbocycles. The van der Waals surface area contributed by atoms with Crippen LogP contribution in [0.4, 0.5) is 5.82 Å². The van der Waals surface area contributed by atoms with E-state index in [2.05, 4.69) is 63.5 Å². The molecule has 2 aromatic heterocycles. The molecule has 0 amide bonds. The molecule has 0 aliphatic carbocycles. The van der Waals surface area contributed by atoms with Crippen molar-refractivity contribution in [2.45, 2.75) is 32.4 Å². The van der Waals surface area contributed by atoms with Crippen LogP contribution in [-0.4, -0.2) is 23.1 Å². The van der Waals surface area contributed by atoms with Crippen LogP contribution in [0, 0.1) is 0 Å². The van der Waals surface area contributed by atoms with Crippen LogP contribution in [0.2, 0.25) is 0 Å². The van der Waals surface area contributed by atoms with Crippen LogP contribution >= 0.6 is 0 Å². The van der Waals surface area contributed by atoms with Gasteiger partial charge < -0.3 is 10.2 Å². The largest absolute Gasteiger partial charge is 0.357 e. The zero-order chi connectivity index (χ0) is 18.5. The molecule has 4 nitrogen and oxygen atoms in total. The molecule has 1 aliphatic heterocycles. The van der Waals surface area contributed by atoms with Crippen molar-refractivity contribution in [2.75, 3.05) is 18.0 Å². The summed E-state index contributed by atoms with van der Waals surface area (Å²) in [6.07, 6.45) is 8.23. The van der Waals surface area contributed by atoms with Crippen LogP contribution in [0.1, 0.15) is 36.9 Å². The summed E-state index contributed by atoms with van der Waals surface area (Å²) in [6, 6.07) is 17.4. The Morgan fingerprint density at radius 3 is 2.56 bits per heavy atom. The number of pyridine rings is 2. The highest BCUT2D eigenvalue weighted by atomic mass is 15.2. The summed E-state index contributed by atoms with van der Waals surface area (Å²) in [6.45, 7) is 5.29. The van der Waals surface area contributed by atoms with Crippen LogP contribution in [-0.2, 0) is 6.54 Å². The maximum atomic E-state index is 4.65. The summed E-state index contributed by atoms with van der Waals surface area (Å²) in [4.78, 5) is 11.1. The lowest BCUT2D eigenvalue weighted by Gasteiger charge is -2.18. The van der Waals surface area contributed by atoms with Gasteiger partial charge in [0.2, 0.25) is 0 Å². The van der Waals surface area contributed by atoms with Crippen molar-refractivity contribution in [3.05, 3.63) is 78.2 Å². The molecule has 1 atom stereocenters. The summed E-state index contributed by atoms with van der Waals surface area (Å²) < 4.78 is 0. The number of rotatable bonds is 6. The first-order valence-corrected chi connectivity index (χ1v) is 9.73. The monoisotopic (exact) mass is 358 g/mol. The number of nitrogens with zero attached hydrogens (tertiary/aromatic N) is 3. The molecule has 3 heterocycles. The highest BCUT2D eigenvalue weighted by molar-refractivity contribution is 5.63. The first kappa shape index (κ1) is 17.7. The fourth-order valence-electron chi connectivity index (χ4n) is 3.58. The van der Waals surface area contributed by atoms with Crippen molar-refractivity contribution in [3.8, 4) is 11.1 Å². The SMILES string of the molecule is CC(NCc1ccc(N2CCCC2)nc1)c1cccc(-c2ccncc2)c1. The van der Waals surface area contributed by atoms with E-state index in [1.165, 1.54) is 35.1 Å². The lowest BCUT2D eigenvalue weighted by molar-refractivity contribution is 0.574. The van der Waals surface area contributed by atoms with E-state index >= 15 is 0 Å². The van der Waals surface area contributed by atoms with Gasteiger partial charge in [-0.05, 0) is 66.3 Å². The Kier molecular flexibility index (Phi) is 5.45. The molecule has 1 aromatic carbocycles. The highest BCUT2D eigenvalue weighted by Crippen LogP contribution is 2.23. The smallest absolute Gasteiger partial charge is 0.128 e. The van der Waals surface area contributed by atoms with Gasteiger partial charge >= 0.3 is 0 Å². The Bertz CT molecular complexity index is 855. The van der Waals surface area contributed by atoms with Crippen molar-refractivity contribution in [3.63, 3.8) is 0 Å². The standard InChI is InChI=1S/C23H26N4/c1-18(21-5-4-6-22(15-21)20-9-11-24-12-10-20)25-16-19-7-8-23(26-17-19)27-13-2-3-14-27/h4-12,15,17-18,25H,2-3,13-14,16H2,1H3. The van der Waals surface area contributed by atoms with Gasteiger partial charge in [0.15, 0.2) is 0 Å². The molecule has 1 saturated heterocycles. The molecule has 0 bridgehead atoms. The van der Waals surface area contributed by atoms with Gasteiger partial charge in [0, 0.05) is 44.3 Å². The maximum absolute atomic E-state index is 4.65. The van der Waals surface area contributed by atoms with E-state index in [1.54, 1.807) is 0 Å². The second-order valence-electron chi connectivity index (χ2n) is 7.18. The van der Waals surface area contributed by atoms with E-state index in [0.29, 0.717) is 0 Å². The van der Waals surface area contributed by atoms with E-state index in [4.69, 9.17) is 0 Å². The van der Waals surface area contributed by atoms with Crippen LogP contribution < -0.4 is 10.2 Å². The van der Waals surface area contributed by atoms with Gasteiger partial charge in [0.1, 0.15) is 5.82 Å². The van der Waals surface area contributed by atoms with Gasteiger partial charge in [-0.2, -0.15) is 0 Å². The fourth-order valence-corrected chi connectivity index (χ4v) is 3.58. The zero-order valence-corrected chi connectivity index (χ0v) is 15.8. The van der Waals surface area contributed by atoms with Gasteiger partial charge in [0.25, 0.3) is 0 Å². The predicted molar refractivity (Wildman–Crippen MR) is 111 cm³/mol. The van der Waals surface area contributed by atoms with Crippen molar-refractivity contribution < 1.29 is 0 Å². The zero-order valence-electron chi connectivity index (χ0n) is 15.8. The molecule has 4 heteroatoms. The third kappa shape index (κ3) is 4.34. The topological polar surface area (TPSA) is 41.0 Å². The molecule has 27 heavy (non-hydrogen) atoms. The Morgan fingerprint density at radius 2 is 1.81 bits per heavy atom. The second kappa shape index (κ2) is 8.31. The third-order valence-electron chi connectivity index (χ3n) is 5.25. The third-order valence-corrected chi connectivity index (χ3v) is 5.25. The molecule has 0 radical (unpaired) electrons. The van der Waals surface area contributed by atoms with Gasteiger partial charge in [-0.1, -0.05) is 24.3 Å². The molecular weight excluding hydrogens is 332 g/mol. The molecule has 1 N–H and O–H groups in total. The Balaban J connectivity index is 1.38. The van der Waals surface area contributed by atoms with Gasteiger partial charge in [-0.25, -0.2) is 4.98 Å². The van der Waals surface area contributed by atoms with Crippen molar-refractivity contribution in [2.24, 2.45) is 0 Å². The molecule has 1 unspecified atom stereocenters.